The standard InChI is InChI=1S/C8H14N4O3/c1-14-5-6-7(8(13)15-2)10-11-12(6)4-3-9/h3-5,9H2,1-2H3. The Morgan fingerprint density at radius 2 is 2.27 bits per heavy atom. The number of rotatable bonds is 5. The number of ether oxygens (including phenoxy) is 2. The number of methoxy groups -OCH3 is 2. The summed E-state index contributed by atoms with van der Waals surface area (Å²) in [5, 5.41) is 7.53. The van der Waals surface area contributed by atoms with Crippen molar-refractivity contribution >= 4 is 5.97 Å². The van der Waals surface area contributed by atoms with E-state index in [1.165, 1.54) is 18.9 Å². The molecule has 7 nitrogen and oxygen atoms in total. The largest absolute Gasteiger partial charge is 0.464 e. The predicted molar refractivity (Wildman–Crippen MR) is 51.1 cm³/mol. The second-order valence-corrected chi connectivity index (χ2v) is 2.82. The zero-order valence-corrected chi connectivity index (χ0v) is 8.77. The first-order valence-corrected chi connectivity index (χ1v) is 4.44. The molecule has 0 aliphatic carbocycles. The maximum absolute atomic E-state index is 11.3. The fourth-order valence-corrected chi connectivity index (χ4v) is 1.17. The Kier molecular flexibility index (Phi) is 4.19. The van der Waals surface area contributed by atoms with Crippen LogP contribution in [0, 0.1) is 0 Å². The van der Waals surface area contributed by atoms with E-state index < -0.39 is 5.97 Å². The van der Waals surface area contributed by atoms with E-state index in [4.69, 9.17) is 10.5 Å². The minimum Gasteiger partial charge on any atom is -0.464 e. The third kappa shape index (κ3) is 2.51. The van der Waals surface area contributed by atoms with Gasteiger partial charge in [-0.25, -0.2) is 9.48 Å². The number of nitrogens with two attached hydrogens (primary N) is 1. The van der Waals surface area contributed by atoms with Gasteiger partial charge in [-0.2, -0.15) is 0 Å². The smallest absolute Gasteiger partial charge is 0.360 e. The molecule has 0 aliphatic heterocycles. The van der Waals surface area contributed by atoms with E-state index in [1.807, 2.05) is 0 Å². The Hall–Kier alpha value is -1.47. The summed E-state index contributed by atoms with van der Waals surface area (Å²) in [6.07, 6.45) is 0. The van der Waals surface area contributed by atoms with E-state index in [-0.39, 0.29) is 12.3 Å². The summed E-state index contributed by atoms with van der Waals surface area (Å²) in [6.45, 7) is 1.15. The fraction of sp³-hybridized carbons (Fsp3) is 0.625. The molecule has 0 aromatic carbocycles. The Morgan fingerprint density at radius 3 is 2.80 bits per heavy atom. The van der Waals surface area contributed by atoms with Crippen LogP contribution in [0.4, 0.5) is 0 Å². The molecule has 84 valence electrons. The van der Waals surface area contributed by atoms with Gasteiger partial charge in [0.25, 0.3) is 0 Å². The van der Waals surface area contributed by atoms with Crippen molar-refractivity contribution in [3.63, 3.8) is 0 Å². The van der Waals surface area contributed by atoms with E-state index in [1.54, 1.807) is 0 Å². The van der Waals surface area contributed by atoms with Crippen LogP contribution >= 0.6 is 0 Å². The molecule has 0 spiro atoms. The van der Waals surface area contributed by atoms with Crippen LogP contribution in [0.3, 0.4) is 0 Å². The molecule has 0 saturated carbocycles. The molecule has 0 unspecified atom stereocenters. The molecular formula is C8H14N4O3. The van der Waals surface area contributed by atoms with Gasteiger partial charge in [0.05, 0.1) is 26.0 Å². The molecule has 1 heterocycles. The molecule has 0 amide bonds. The Bertz CT molecular complexity index is 337. The van der Waals surface area contributed by atoms with E-state index >= 15 is 0 Å². The van der Waals surface area contributed by atoms with Crippen molar-refractivity contribution in [1.82, 2.24) is 15.0 Å². The molecule has 15 heavy (non-hydrogen) atoms. The summed E-state index contributed by atoms with van der Waals surface area (Å²) in [6, 6.07) is 0. The molecule has 7 heteroatoms. The average Bonchev–Trinajstić information content (AvgIpc) is 2.62. The summed E-state index contributed by atoms with van der Waals surface area (Å²) >= 11 is 0. The van der Waals surface area contributed by atoms with Gasteiger partial charge in [-0.05, 0) is 0 Å². The first kappa shape index (κ1) is 11.6. The van der Waals surface area contributed by atoms with E-state index in [9.17, 15) is 4.79 Å². The lowest BCUT2D eigenvalue weighted by Crippen LogP contribution is -2.15. The summed E-state index contributed by atoms with van der Waals surface area (Å²) in [5.74, 6) is -0.523. The van der Waals surface area contributed by atoms with Gasteiger partial charge in [-0.15, -0.1) is 5.10 Å². The molecule has 1 aromatic heterocycles. The third-order valence-corrected chi connectivity index (χ3v) is 1.84. The van der Waals surface area contributed by atoms with Crippen molar-refractivity contribution in [2.45, 2.75) is 13.2 Å². The Balaban J connectivity index is 2.99. The Morgan fingerprint density at radius 1 is 1.53 bits per heavy atom. The minimum atomic E-state index is -0.523. The van der Waals surface area contributed by atoms with Crippen LogP contribution in [0.5, 0.6) is 0 Å². The molecule has 0 atom stereocenters. The number of nitrogens with zero attached hydrogens (tertiary/aromatic N) is 3. The van der Waals surface area contributed by atoms with Crippen molar-refractivity contribution in [1.29, 1.82) is 0 Å². The first-order chi connectivity index (χ1) is 7.24. The topological polar surface area (TPSA) is 92.3 Å². The zero-order chi connectivity index (χ0) is 11.3. The van der Waals surface area contributed by atoms with Crippen LogP contribution in [-0.2, 0) is 22.6 Å². The number of esters is 1. The number of carbonyl (C=O) groups is 1. The van der Waals surface area contributed by atoms with E-state index in [0.29, 0.717) is 18.8 Å². The van der Waals surface area contributed by atoms with Gasteiger partial charge in [0.15, 0.2) is 5.69 Å². The van der Waals surface area contributed by atoms with Crippen molar-refractivity contribution in [2.24, 2.45) is 5.73 Å². The van der Waals surface area contributed by atoms with Crippen LogP contribution < -0.4 is 5.73 Å². The van der Waals surface area contributed by atoms with Gasteiger partial charge in [0.1, 0.15) is 0 Å². The molecule has 2 N–H and O–H groups in total. The molecule has 0 radical (unpaired) electrons. The highest BCUT2D eigenvalue weighted by molar-refractivity contribution is 5.88. The van der Waals surface area contributed by atoms with Gasteiger partial charge >= 0.3 is 5.97 Å². The lowest BCUT2D eigenvalue weighted by molar-refractivity contribution is 0.0588. The summed E-state index contributed by atoms with van der Waals surface area (Å²) in [4.78, 5) is 11.3. The third-order valence-electron chi connectivity index (χ3n) is 1.84. The quantitative estimate of drug-likeness (QED) is 0.643. The predicted octanol–water partition coefficient (Wildman–Crippen LogP) is -0.830. The lowest BCUT2D eigenvalue weighted by atomic mass is 10.3. The second kappa shape index (κ2) is 5.42. The van der Waals surface area contributed by atoms with Crippen LogP contribution in [-0.4, -0.2) is 41.7 Å². The van der Waals surface area contributed by atoms with Crippen molar-refractivity contribution in [2.75, 3.05) is 20.8 Å². The van der Waals surface area contributed by atoms with Gasteiger partial charge in [-0.3, -0.25) is 0 Å². The molecule has 0 fully saturated rings. The van der Waals surface area contributed by atoms with Gasteiger partial charge in [0.2, 0.25) is 0 Å². The van der Waals surface area contributed by atoms with Crippen molar-refractivity contribution < 1.29 is 14.3 Å². The van der Waals surface area contributed by atoms with Gasteiger partial charge in [-0.1, -0.05) is 5.21 Å². The van der Waals surface area contributed by atoms with Crippen LogP contribution in [0.2, 0.25) is 0 Å². The van der Waals surface area contributed by atoms with E-state index in [2.05, 4.69) is 15.0 Å². The summed E-state index contributed by atoms with van der Waals surface area (Å²) < 4.78 is 11.1. The average molecular weight is 214 g/mol. The molecule has 0 aliphatic rings. The molecule has 0 bridgehead atoms. The summed E-state index contributed by atoms with van der Waals surface area (Å²) in [7, 11) is 2.82. The SMILES string of the molecule is COCc1c(C(=O)OC)nnn1CCN. The molecule has 1 rings (SSSR count). The van der Waals surface area contributed by atoms with E-state index in [0.717, 1.165) is 0 Å². The van der Waals surface area contributed by atoms with Gasteiger partial charge in [0, 0.05) is 13.7 Å². The first-order valence-electron chi connectivity index (χ1n) is 4.44. The van der Waals surface area contributed by atoms with Crippen LogP contribution in [0.25, 0.3) is 0 Å². The van der Waals surface area contributed by atoms with Crippen molar-refractivity contribution in [3.05, 3.63) is 11.4 Å². The number of carbonyl (C=O) groups excluding carboxylic acids is 1. The second-order valence-electron chi connectivity index (χ2n) is 2.82. The van der Waals surface area contributed by atoms with Gasteiger partial charge < -0.3 is 15.2 Å². The highest BCUT2D eigenvalue weighted by atomic mass is 16.5. The van der Waals surface area contributed by atoms with Crippen LogP contribution in [0.1, 0.15) is 16.2 Å². The zero-order valence-electron chi connectivity index (χ0n) is 8.77. The van der Waals surface area contributed by atoms with Crippen molar-refractivity contribution in [3.8, 4) is 0 Å². The number of hydrogen-bond donors (Lipinski definition) is 1. The maximum Gasteiger partial charge on any atom is 0.360 e. The molecular weight excluding hydrogens is 200 g/mol. The monoisotopic (exact) mass is 214 g/mol. The maximum atomic E-state index is 11.3. The highest BCUT2D eigenvalue weighted by Crippen LogP contribution is 2.07. The highest BCUT2D eigenvalue weighted by Gasteiger charge is 2.19. The fourth-order valence-electron chi connectivity index (χ4n) is 1.17. The molecule has 0 saturated heterocycles. The minimum absolute atomic E-state index is 0.174. The van der Waals surface area contributed by atoms with Crippen LogP contribution in [0.15, 0.2) is 0 Å². The number of aromatic nitrogens is 3. The lowest BCUT2D eigenvalue weighted by Gasteiger charge is -2.04. The Labute approximate surface area is 87.1 Å². The number of hydrogen-bond acceptors (Lipinski definition) is 6. The normalized spacial score (nSPS) is 10.3. The molecule has 1 aromatic rings. The summed E-state index contributed by atoms with van der Waals surface area (Å²) in [5.41, 5.74) is 6.15.